The number of fused-ring (bicyclic) bond motifs is 1. The van der Waals surface area contributed by atoms with E-state index in [1.54, 1.807) is 49.5 Å². The molecule has 0 saturated heterocycles. The minimum atomic E-state index is -3.80. The van der Waals surface area contributed by atoms with E-state index in [1.807, 2.05) is 12.1 Å². The number of nitrogens with one attached hydrogen (secondary N) is 3. The molecule has 0 fully saturated rings. The van der Waals surface area contributed by atoms with Crippen LogP contribution in [0, 0.1) is 6.92 Å². The van der Waals surface area contributed by atoms with Crippen molar-refractivity contribution in [3.8, 4) is 5.75 Å². The van der Waals surface area contributed by atoms with Gasteiger partial charge in [0.2, 0.25) is 0 Å². The van der Waals surface area contributed by atoms with Gasteiger partial charge in [-0.15, -0.1) is 0 Å². The topological polar surface area (TPSA) is 109 Å². The third kappa shape index (κ3) is 7.03. The summed E-state index contributed by atoms with van der Waals surface area (Å²) in [6.45, 7) is 2.39. The lowest BCUT2D eigenvalue weighted by molar-refractivity contribution is -0.123. The fourth-order valence-corrected chi connectivity index (χ4v) is 4.99. The summed E-state index contributed by atoms with van der Waals surface area (Å²) in [4.78, 5) is 16.6. The van der Waals surface area contributed by atoms with Crippen molar-refractivity contribution in [2.75, 3.05) is 29.7 Å². The number of aromatic nitrogens is 1. The van der Waals surface area contributed by atoms with Crippen molar-refractivity contribution in [2.24, 2.45) is 0 Å². The molecule has 0 aliphatic heterocycles. The quantitative estimate of drug-likeness (QED) is 0.229. The Bertz CT molecular complexity index is 1530. The Balaban J connectivity index is 1.26. The van der Waals surface area contributed by atoms with Gasteiger partial charge in [0.05, 0.1) is 10.4 Å². The Kier molecular flexibility index (Phi) is 8.38. The lowest BCUT2D eigenvalue weighted by Crippen LogP contribution is -2.32. The molecule has 0 bridgehead atoms. The molecule has 0 aliphatic carbocycles. The van der Waals surface area contributed by atoms with Crippen LogP contribution in [0.5, 0.6) is 5.75 Å². The van der Waals surface area contributed by atoms with Crippen molar-refractivity contribution < 1.29 is 17.9 Å². The van der Waals surface area contributed by atoms with Crippen molar-refractivity contribution in [1.82, 2.24) is 10.3 Å². The van der Waals surface area contributed by atoms with Crippen LogP contribution in [-0.2, 0) is 14.8 Å². The van der Waals surface area contributed by atoms with E-state index in [2.05, 4.69) is 20.3 Å². The number of sulfonamides is 1. The Labute approximate surface area is 225 Å². The van der Waals surface area contributed by atoms with E-state index in [-0.39, 0.29) is 17.4 Å². The van der Waals surface area contributed by atoms with Gasteiger partial charge < -0.3 is 15.4 Å². The minimum absolute atomic E-state index is 0.0775. The van der Waals surface area contributed by atoms with E-state index in [0.717, 1.165) is 16.6 Å². The molecule has 4 aromatic rings. The summed E-state index contributed by atoms with van der Waals surface area (Å²) >= 11 is 11.9. The molecule has 0 radical (unpaired) electrons. The molecule has 3 aromatic carbocycles. The van der Waals surface area contributed by atoms with E-state index in [0.29, 0.717) is 40.1 Å². The number of pyridine rings is 1. The molecule has 1 heterocycles. The van der Waals surface area contributed by atoms with Crippen LogP contribution in [0.4, 0.5) is 11.4 Å². The van der Waals surface area contributed by atoms with Crippen LogP contribution in [0.1, 0.15) is 5.56 Å². The van der Waals surface area contributed by atoms with Crippen LogP contribution in [-0.4, -0.2) is 39.0 Å². The summed E-state index contributed by atoms with van der Waals surface area (Å²) < 4.78 is 33.5. The number of hydrogen-bond acceptors (Lipinski definition) is 6. The second-order valence-electron chi connectivity index (χ2n) is 8.13. The second kappa shape index (κ2) is 11.7. The van der Waals surface area contributed by atoms with Crippen LogP contribution in [0.3, 0.4) is 0 Å². The van der Waals surface area contributed by atoms with Gasteiger partial charge in [-0.05, 0) is 79.2 Å². The van der Waals surface area contributed by atoms with Gasteiger partial charge in [0, 0.05) is 46.1 Å². The number of amides is 1. The van der Waals surface area contributed by atoms with Gasteiger partial charge in [0.15, 0.2) is 6.61 Å². The van der Waals surface area contributed by atoms with Gasteiger partial charge in [0.1, 0.15) is 5.75 Å². The average Bonchev–Trinajstić information content (AvgIpc) is 2.87. The first-order valence-corrected chi connectivity index (χ1v) is 13.5. The molecule has 0 atom stereocenters. The number of benzene rings is 3. The maximum atomic E-state index is 12.7. The summed E-state index contributed by atoms with van der Waals surface area (Å²) in [5.41, 5.74) is 2.65. The number of halogens is 2. The molecule has 0 saturated carbocycles. The lowest BCUT2D eigenvalue weighted by Gasteiger charge is -2.13. The number of anilines is 2. The highest BCUT2D eigenvalue weighted by Crippen LogP contribution is 2.25. The van der Waals surface area contributed by atoms with Crippen molar-refractivity contribution in [3.63, 3.8) is 0 Å². The van der Waals surface area contributed by atoms with E-state index in [1.165, 1.54) is 18.2 Å². The van der Waals surface area contributed by atoms with Gasteiger partial charge in [-0.3, -0.25) is 14.5 Å². The van der Waals surface area contributed by atoms with Gasteiger partial charge in [-0.25, -0.2) is 8.42 Å². The number of hydrogen-bond donors (Lipinski definition) is 3. The molecule has 8 nitrogen and oxygen atoms in total. The van der Waals surface area contributed by atoms with E-state index < -0.39 is 10.0 Å². The first-order chi connectivity index (χ1) is 17.7. The molecule has 4 rings (SSSR count). The average molecular weight is 559 g/mol. The molecule has 11 heteroatoms. The summed E-state index contributed by atoms with van der Waals surface area (Å²) in [5.74, 6) is 0.120. The third-order valence-electron chi connectivity index (χ3n) is 5.38. The fourth-order valence-electron chi connectivity index (χ4n) is 3.55. The van der Waals surface area contributed by atoms with Crippen molar-refractivity contribution in [1.29, 1.82) is 0 Å². The Hall–Kier alpha value is -3.53. The number of rotatable bonds is 10. The largest absolute Gasteiger partial charge is 0.484 e. The Morgan fingerprint density at radius 3 is 2.46 bits per heavy atom. The molecule has 37 heavy (non-hydrogen) atoms. The van der Waals surface area contributed by atoms with Gasteiger partial charge in [-0.1, -0.05) is 23.2 Å². The van der Waals surface area contributed by atoms with E-state index in [9.17, 15) is 13.2 Å². The molecular weight excluding hydrogens is 535 g/mol. The predicted molar refractivity (Wildman–Crippen MR) is 147 cm³/mol. The van der Waals surface area contributed by atoms with E-state index >= 15 is 0 Å². The second-order valence-corrected chi connectivity index (χ2v) is 10.7. The number of aryl methyl sites for hydroxylation is 1. The van der Waals surface area contributed by atoms with Crippen molar-refractivity contribution in [3.05, 3.63) is 88.5 Å². The molecule has 3 N–H and O–H groups in total. The van der Waals surface area contributed by atoms with E-state index in [4.69, 9.17) is 27.9 Å². The van der Waals surface area contributed by atoms with Gasteiger partial charge >= 0.3 is 0 Å². The minimum Gasteiger partial charge on any atom is -0.484 e. The third-order valence-corrected chi connectivity index (χ3v) is 7.25. The summed E-state index contributed by atoms with van der Waals surface area (Å²) in [6.07, 6.45) is 1.69. The monoisotopic (exact) mass is 558 g/mol. The van der Waals surface area contributed by atoms with Gasteiger partial charge in [0.25, 0.3) is 15.9 Å². The Morgan fingerprint density at radius 1 is 0.946 bits per heavy atom. The predicted octanol–water partition coefficient (Wildman–Crippen LogP) is 5.26. The van der Waals surface area contributed by atoms with Crippen molar-refractivity contribution >= 4 is 61.4 Å². The number of ether oxygens (including phenoxy) is 1. The zero-order valence-electron chi connectivity index (χ0n) is 19.8. The van der Waals surface area contributed by atoms with Crippen LogP contribution >= 0.6 is 23.2 Å². The molecular formula is C26H24Cl2N4O4S. The standard InChI is InChI=1S/C26H24Cl2N4O4S/c1-17-14-21(37(34,35)32-20-5-2-18(27)3-6-20)7-9-25(17)36-16-26(33)31-13-12-30-23-10-11-29-24-15-19(28)4-8-22(23)24/h2-11,14-15,32H,12-13,16H2,1H3,(H,29,30)(H,31,33). The zero-order valence-corrected chi connectivity index (χ0v) is 22.1. The zero-order chi connectivity index (χ0) is 26.4. The highest BCUT2D eigenvalue weighted by atomic mass is 35.5. The van der Waals surface area contributed by atoms with Crippen molar-refractivity contribution in [2.45, 2.75) is 11.8 Å². The maximum absolute atomic E-state index is 12.7. The highest BCUT2D eigenvalue weighted by Gasteiger charge is 2.16. The maximum Gasteiger partial charge on any atom is 0.261 e. The smallest absolute Gasteiger partial charge is 0.261 e. The first-order valence-electron chi connectivity index (χ1n) is 11.3. The van der Waals surface area contributed by atoms with Crippen LogP contribution in [0.25, 0.3) is 10.9 Å². The lowest BCUT2D eigenvalue weighted by atomic mass is 10.2. The van der Waals surface area contributed by atoms with Crippen LogP contribution in [0.2, 0.25) is 10.0 Å². The number of nitrogens with zero attached hydrogens (tertiary/aromatic N) is 1. The van der Waals surface area contributed by atoms with Gasteiger partial charge in [-0.2, -0.15) is 0 Å². The Morgan fingerprint density at radius 2 is 1.70 bits per heavy atom. The molecule has 1 amide bonds. The summed E-state index contributed by atoms with van der Waals surface area (Å²) in [6, 6.07) is 18.1. The normalized spacial score (nSPS) is 11.2. The number of carbonyl (C=O) groups is 1. The van der Waals surface area contributed by atoms with Crippen LogP contribution in [0.15, 0.2) is 77.8 Å². The van der Waals surface area contributed by atoms with Crippen LogP contribution < -0.4 is 20.1 Å². The highest BCUT2D eigenvalue weighted by molar-refractivity contribution is 7.92. The molecule has 0 spiro atoms. The fraction of sp³-hybridized carbons (Fsp3) is 0.154. The summed E-state index contributed by atoms with van der Waals surface area (Å²) in [5, 5.41) is 8.13. The molecule has 192 valence electrons. The summed E-state index contributed by atoms with van der Waals surface area (Å²) in [7, 11) is -3.80. The molecule has 1 aromatic heterocycles. The first kappa shape index (κ1) is 26.5. The molecule has 0 unspecified atom stereocenters. The SMILES string of the molecule is Cc1cc(S(=O)(=O)Nc2ccc(Cl)cc2)ccc1OCC(=O)NCCNc1ccnc2cc(Cl)ccc12. The molecule has 0 aliphatic rings. The number of carbonyl (C=O) groups excluding carboxylic acids is 1.